The molecule has 0 aliphatic heterocycles. The van der Waals surface area contributed by atoms with Gasteiger partial charge in [-0.25, -0.2) is 4.39 Å². The van der Waals surface area contributed by atoms with E-state index in [1.165, 1.54) is 36.4 Å². The molecular formula is C14H9BrF4O2. The largest absolute Gasteiger partial charge is 0.573 e. The lowest BCUT2D eigenvalue weighted by molar-refractivity contribution is -0.275. The molecule has 21 heavy (non-hydrogen) atoms. The standard InChI is InChI=1S/C14H9BrF4O2/c15-11-7-10(16)6-5-9(11)8-20-12-3-1-2-4-13(12)21-14(17,18)19/h1-7H,8H2. The van der Waals surface area contributed by atoms with Gasteiger partial charge in [-0.15, -0.1) is 13.2 Å². The van der Waals surface area contributed by atoms with Gasteiger partial charge in [-0.05, 0) is 24.3 Å². The first-order chi connectivity index (χ1) is 9.85. The quantitative estimate of drug-likeness (QED) is 0.705. The zero-order valence-electron chi connectivity index (χ0n) is 10.5. The fourth-order valence-electron chi connectivity index (χ4n) is 1.57. The first-order valence-corrected chi connectivity index (χ1v) is 6.56. The van der Waals surface area contributed by atoms with Crippen molar-refractivity contribution in [2.45, 2.75) is 13.0 Å². The van der Waals surface area contributed by atoms with Gasteiger partial charge in [0.25, 0.3) is 0 Å². The van der Waals surface area contributed by atoms with Crippen molar-refractivity contribution in [3.63, 3.8) is 0 Å². The van der Waals surface area contributed by atoms with Crippen molar-refractivity contribution in [2.75, 3.05) is 0 Å². The second kappa shape index (κ2) is 6.34. The Morgan fingerprint density at radius 3 is 2.29 bits per heavy atom. The minimum atomic E-state index is -4.80. The van der Waals surface area contributed by atoms with Crippen molar-refractivity contribution in [3.05, 3.63) is 58.3 Å². The molecule has 0 heterocycles. The van der Waals surface area contributed by atoms with Gasteiger partial charge in [0.2, 0.25) is 0 Å². The van der Waals surface area contributed by atoms with Gasteiger partial charge in [-0.2, -0.15) is 0 Å². The molecule has 0 N–H and O–H groups in total. The highest BCUT2D eigenvalue weighted by molar-refractivity contribution is 9.10. The summed E-state index contributed by atoms with van der Waals surface area (Å²) in [6.07, 6.45) is -4.80. The van der Waals surface area contributed by atoms with Crippen molar-refractivity contribution in [2.24, 2.45) is 0 Å². The molecule has 0 aliphatic rings. The summed E-state index contributed by atoms with van der Waals surface area (Å²) in [6.45, 7) is -0.0287. The lowest BCUT2D eigenvalue weighted by atomic mass is 10.2. The van der Waals surface area contributed by atoms with E-state index in [0.717, 1.165) is 6.07 Å². The van der Waals surface area contributed by atoms with E-state index in [4.69, 9.17) is 4.74 Å². The number of para-hydroxylation sites is 2. The molecule has 2 rings (SSSR count). The molecule has 2 aromatic rings. The second-order valence-electron chi connectivity index (χ2n) is 4.02. The summed E-state index contributed by atoms with van der Waals surface area (Å²) in [4.78, 5) is 0. The van der Waals surface area contributed by atoms with Gasteiger partial charge in [0.1, 0.15) is 12.4 Å². The van der Waals surface area contributed by atoms with Gasteiger partial charge < -0.3 is 9.47 Å². The minimum absolute atomic E-state index is 0.0287. The van der Waals surface area contributed by atoms with Crippen LogP contribution >= 0.6 is 15.9 Å². The van der Waals surface area contributed by atoms with Crippen molar-refractivity contribution < 1.29 is 27.0 Å². The molecule has 112 valence electrons. The highest BCUT2D eigenvalue weighted by atomic mass is 79.9. The molecular weight excluding hydrogens is 356 g/mol. The Labute approximate surface area is 126 Å². The van der Waals surface area contributed by atoms with Gasteiger partial charge in [-0.1, -0.05) is 34.1 Å². The molecule has 0 radical (unpaired) electrons. The van der Waals surface area contributed by atoms with Gasteiger partial charge in [0, 0.05) is 10.0 Å². The van der Waals surface area contributed by atoms with Crippen LogP contribution in [0, 0.1) is 5.82 Å². The molecule has 0 unspecified atom stereocenters. The third kappa shape index (κ3) is 4.63. The van der Waals surface area contributed by atoms with Crippen LogP contribution in [-0.4, -0.2) is 6.36 Å². The molecule has 7 heteroatoms. The topological polar surface area (TPSA) is 18.5 Å². The van der Waals surface area contributed by atoms with Gasteiger partial charge in [0.15, 0.2) is 11.5 Å². The first-order valence-electron chi connectivity index (χ1n) is 5.76. The van der Waals surface area contributed by atoms with Crippen LogP contribution in [0.3, 0.4) is 0 Å². The fraction of sp³-hybridized carbons (Fsp3) is 0.143. The van der Waals surface area contributed by atoms with Crippen LogP contribution in [0.15, 0.2) is 46.9 Å². The Morgan fingerprint density at radius 1 is 1.00 bits per heavy atom. The number of hydrogen-bond acceptors (Lipinski definition) is 2. The third-order valence-electron chi connectivity index (χ3n) is 2.47. The number of hydrogen-bond donors (Lipinski definition) is 0. The molecule has 0 aromatic heterocycles. The van der Waals surface area contributed by atoms with E-state index in [9.17, 15) is 17.6 Å². The molecule has 0 aliphatic carbocycles. The van der Waals surface area contributed by atoms with E-state index < -0.39 is 17.9 Å². The maximum absolute atomic E-state index is 12.9. The van der Waals surface area contributed by atoms with Gasteiger partial charge in [0.05, 0.1) is 0 Å². The lowest BCUT2D eigenvalue weighted by Crippen LogP contribution is -2.17. The average molecular weight is 365 g/mol. The van der Waals surface area contributed by atoms with E-state index in [2.05, 4.69) is 20.7 Å². The number of halogens is 5. The average Bonchev–Trinajstić information content (AvgIpc) is 2.37. The summed E-state index contributed by atoms with van der Waals surface area (Å²) in [5.41, 5.74) is 0.596. The maximum Gasteiger partial charge on any atom is 0.573 e. The number of alkyl halides is 3. The number of ether oxygens (including phenoxy) is 2. The summed E-state index contributed by atoms with van der Waals surface area (Å²) in [7, 11) is 0. The first kappa shape index (κ1) is 15.6. The van der Waals surface area contributed by atoms with Crippen molar-refractivity contribution in [1.82, 2.24) is 0 Å². The molecule has 0 saturated heterocycles. The summed E-state index contributed by atoms with van der Waals surface area (Å²) < 4.78 is 59.4. The van der Waals surface area contributed by atoms with Crippen molar-refractivity contribution in [1.29, 1.82) is 0 Å². The summed E-state index contributed by atoms with van der Waals surface area (Å²) >= 11 is 3.16. The molecule has 0 atom stereocenters. The molecule has 0 fully saturated rings. The molecule has 0 spiro atoms. The van der Waals surface area contributed by atoms with Crippen LogP contribution in [-0.2, 0) is 6.61 Å². The maximum atomic E-state index is 12.9. The number of rotatable bonds is 4. The molecule has 0 saturated carbocycles. The molecule has 0 bridgehead atoms. The summed E-state index contributed by atoms with van der Waals surface area (Å²) in [6, 6.07) is 9.41. The zero-order chi connectivity index (χ0) is 15.5. The van der Waals surface area contributed by atoms with Crippen LogP contribution in [0.25, 0.3) is 0 Å². The fourth-order valence-corrected chi connectivity index (χ4v) is 2.04. The Kier molecular flexibility index (Phi) is 4.72. The minimum Gasteiger partial charge on any atom is -0.485 e. The van der Waals surface area contributed by atoms with Crippen LogP contribution in [0.2, 0.25) is 0 Å². The smallest absolute Gasteiger partial charge is 0.485 e. The van der Waals surface area contributed by atoms with E-state index in [1.807, 2.05) is 0 Å². The van der Waals surface area contributed by atoms with Crippen LogP contribution in [0.1, 0.15) is 5.56 Å². The monoisotopic (exact) mass is 364 g/mol. The Hall–Kier alpha value is -1.76. The van der Waals surface area contributed by atoms with E-state index in [-0.39, 0.29) is 12.4 Å². The molecule has 2 nitrogen and oxygen atoms in total. The third-order valence-corrected chi connectivity index (χ3v) is 3.21. The molecule has 0 amide bonds. The van der Waals surface area contributed by atoms with Crippen molar-refractivity contribution in [3.8, 4) is 11.5 Å². The Bertz CT molecular complexity index is 629. The summed E-state index contributed by atoms with van der Waals surface area (Å²) in [5, 5.41) is 0. The van der Waals surface area contributed by atoms with Crippen LogP contribution in [0.5, 0.6) is 11.5 Å². The SMILES string of the molecule is Fc1ccc(COc2ccccc2OC(F)(F)F)c(Br)c1. The number of benzene rings is 2. The predicted octanol–water partition coefficient (Wildman–Crippen LogP) is 5.07. The van der Waals surface area contributed by atoms with Crippen LogP contribution < -0.4 is 9.47 Å². The van der Waals surface area contributed by atoms with E-state index >= 15 is 0 Å². The Morgan fingerprint density at radius 2 is 1.67 bits per heavy atom. The highest BCUT2D eigenvalue weighted by Crippen LogP contribution is 2.32. The highest BCUT2D eigenvalue weighted by Gasteiger charge is 2.32. The predicted molar refractivity (Wildman–Crippen MR) is 71.6 cm³/mol. The Balaban J connectivity index is 2.13. The zero-order valence-corrected chi connectivity index (χ0v) is 12.0. The van der Waals surface area contributed by atoms with Crippen molar-refractivity contribution >= 4 is 15.9 Å². The second-order valence-corrected chi connectivity index (χ2v) is 4.87. The summed E-state index contributed by atoms with van der Waals surface area (Å²) in [5.74, 6) is -0.902. The molecule has 2 aromatic carbocycles. The van der Waals surface area contributed by atoms with Gasteiger partial charge in [-0.3, -0.25) is 0 Å². The van der Waals surface area contributed by atoms with Crippen LogP contribution in [0.4, 0.5) is 17.6 Å². The lowest BCUT2D eigenvalue weighted by Gasteiger charge is -2.14. The van der Waals surface area contributed by atoms with E-state index in [1.54, 1.807) is 0 Å². The van der Waals surface area contributed by atoms with E-state index in [0.29, 0.717) is 10.0 Å². The van der Waals surface area contributed by atoms with Gasteiger partial charge >= 0.3 is 6.36 Å². The normalized spacial score (nSPS) is 11.3.